The monoisotopic (exact) mass is 205 g/mol. The van der Waals surface area contributed by atoms with E-state index in [1.807, 2.05) is 0 Å². The lowest BCUT2D eigenvalue weighted by Crippen LogP contribution is -2.21. The van der Waals surface area contributed by atoms with Gasteiger partial charge in [0.15, 0.2) is 0 Å². The van der Waals surface area contributed by atoms with Crippen molar-refractivity contribution in [1.82, 2.24) is 4.98 Å². The van der Waals surface area contributed by atoms with Crippen molar-refractivity contribution in [2.45, 2.75) is 33.1 Å². The standard InChI is InChI=1S/C9H13F2NS/c1-4-6(2)9(10,11)8-5-12-7(3)13-8/h5-6H,4H2,1-3H3. The first-order chi connectivity index (χ1) is 5.98. The van der Waals surface area contributed by atoms with Gasteiger partial charge in [-0.2, -0.15) is 0 Å². The number of halogens is 2. The van der Waals surface area contributed by atoms with Crippen molar-refractivity contribution in [1.29, 1.82) is 0 Å². The summed E-state index contributed by atoms with van der Waals surface area (Å²) in [4.78, 5) is 3.92. The molecular formula is C9H13F2NS. The summed E-state index contributed by atoms with van der Waals surface area (Å²) in [7, 11) is 0. The highest BCUT2D eigenvalue weighted by Crippen LogP contribution is 2.39. The fourth-order valence-electron chi connectivity index (χ4n) is 1.01. The third-order valence-electron chi connectivity index (χ3n) is 2.18. The maximum atomic E-state index is 13.5. The Balaban J connectivity index is 2.92. The van der Waals surface area contributed by atoms with Crippen molar-refractivity contribution in [2.75, 3.05) is 0 Å². The van der Waals surface area contributed by atoms with Crippen LogP contribution in [0.5, 0.6) is 0 Å². The number of rotatable bonds is 3. The van der Waals surface area contributed by atoms with E-state index >= 15 is 0 Å². The van der Waals surface area contributed by atoms with Crippen molar-refractivity contribution < 1.29 is 8.78 Å². The molecule has 1 atom stereocenters. The predicted molar refractivity (Wildman–Crippen MR) is 50.2 cm³/mol. The molecule has 0 aliphatic carbocycles. The van der Waals surface area contributed by atoms with E-state index in [1.165, 1.54) is 6.20 Å². The average molecular weight is 205 g/mol. The summed E-state index contributed by atoms with van der Waals surface area (Å²) in [5, 5.41) is 0.693. The number of thiazole rings is 1. The van der Waals surface area contributed by atoms with Gasteiger partial charge >= 0.3 is 0 Å². The van der Waals surface area contributed by atoms with Crippen LogP contribution in [0.2, 0.25) is 0 Å². The highest BCUT2D eigenvalue weighted by atomic mass is 32.1. The Morgan fingerprint density at radius 1 is 1.62 bits per heavy atom. The van der Waals surface area contributed by atoms with Crippen LogP contribution in [0.1, 0.15) is 30.2 Å². The Kier molecular flexibility index (Phi) is 3.01. The van der Waals surface area contributed by atoms with E-state index in [4.69, 9.17) is 0 Å². The van der Waals surface area contributed by atoms with Gasteiger partial charge in [0.05, 0.1) is 9.88 Å². The van der Waals surface area contributed by atoms with Gasteiger partial charge in [0, 0.05) is 12.1 Å². The summed E-state index contributed by atoms with van der Waals surface area (Å²) in [6.07, 6.45) is 1.76. The minimum atomic E-state index is -2.72. The molecule has 1 heterocycles. The van der Waals surface area contributed by atoms with Gasteiger partial charge in [0.1, 0.15) is 0 Å². The van der Waals surface area contributed by atoms with Crippen LogP contribution < -0.4 is 0 Å². The van der Waals surface area contributed by atoms with Crippen molar-refractivity contribution in [2.24, 2.45) is 5.92 Å². The summed E-state index contributed by atoms with van der Waals surface area (Å²) in [6.45, 7) is 5.07. The van der Waals surface area contributed by atoms with Gasteiger partial charge in [-0.25, -0.2) is 13.8 Å². The van der Waals surface area contributed by atoms with Gasteiger partial charge in [-0.3, -0.25) is 0 Å². The van der Waals surface area contributed by atoms with Gasteiger partial charge in [0.2, 0.25) is 0 Å². The van der Waals surface area contributed by atoms with Crippen LogP contribution in [-0.4, -0.2) is 4.98 Å². The molecule has 1 unspecified atom stereocenters. The van der Waals surface area contributed by atoms with Crippen LogP contribution in [-0.2, 0) is 5.92 Å². The SMILES string of the molecule is CCC(C)C(F)(F)c1cnc(C)s1. The molecule has 0 bridgehead atoms. The Bertz CT molecular complexity index is 283. The Hall–Kier alpha value is -0.510. The lowest BCUT2D eigenvalue weighted by molar-refractivity contribution is -0.0561. The molecule has 1 rings (SSSR count). The molecule has 0 radical (unpaired) electrons. The number of aryl methyl sites for hydroxylation is 1. The molecule has 0 saturated heterocycles. The topological polar surface area (TPSA) is 12.9 Å². The van der Waals surface area contributed by atoms with Crippen LogP contribution in [0, 0.1) is 12.8 Å². The molecular weight excluding hydrogens is 192 g/mol. The minimum absolute atomic E-state index is 0.0827. The number of alkyl halides is 2. The number of hydrogen-bond acceptors (Lipinski definition) is 2. The first-order valence-corrected chi connectivity index (χ1v) is 5.10. The first-order valence-electron chi connectivity index (χ1n) is 4.29. The van der Waals surface area contributed by atoms with E-state index in [2.05, 4.69) is 4.98 Å². The highest BCUT2D eigenvalue weighted by molar-refractivity contribution is 7.11. The summed E-state index contributed by atoms with van der Waals surface area (Å²) in [5.41, 5.74) is 0. The molecule has 0 N–H and O–H groups in total. The van der Waals surface area contributed by atoms with Gasteiger partial charge in [-0.05, 0) is 13.3 Å². The zero-order chi connectivity index (χ0) is 10.1. The number of aromatic nitrogens is 1. The molecule has 0 amide bonds. The number of hydrogen-bond donors (Lipinski definition) is 0. The van der Waals surface area contributed by atoms with Crippen LogP contribution in [0.15, 0.2) is 6.20 Å². The maximum absolute atomic E-state index is 13.5. The molecule has 1 nitrogen and oxygen atoms in total. The summed E-state index contributed by atoms with van der Waals surface area (Å²) in [6, 6.07) is 0. The molecule has 0 aliphatic rings. The van der Waals surface area contributed by atoms with Gasteiger partial charge in [-0.1, -0.05) is 13.8 Å². The first kappa shape index (κ1) is 10.6. The predicted octanol–water partition coefficient (Wildman–Crippen LogP) is 3.59. The number of nitrogens with zero attached hydrogens (tertiary/aromatic N) is 1. The molecule has 0 aromatic carbocycles. The second-order valence-corrected chi connectivity index (χ2v) is 4.41. The van der Waals surface area contributed by atoms with Crippen LogP contribution >= 0.6 is 11.3 Å². The quantitative estimate of drug-likeness (QED) is 0.734. The zero-order valence-corrected chi connectivity index (χ0v) is 8.79. The molecule has 1 aromatic heterocycles. The van der Waals surface area contributed by atoms with Crippen molar-refractivity contribution >= 4 is 11.3 Å². The normalized spacial score (nSPS) is 14.5. The Morgan fingerprint density at radius 3 is 2.62 bits per heavy atom. The maximum Gasteiger partial charge on any atom is 0.286 e. The van der Waals surface area contributed by atoms with Gasteiger partial charge < -0.3 is 0 Å². The smallest absolute Gasteiger partial charge is 0.249 e. The molecule has 0 aliphatic heterocycles. The lowest BCUT2D eigenvalue weighted by Gasteiger charge is -2.20. The van der Waals surface area contributed by atoms with Gasteiger partial charge in [0.25, 0.3) is 5.92 Å². The van der Waals surface area contributed by atoms with Crippen molar-refractivity contribution in [3.8, 4) is 0 Å². The van der Waals surface area contributed by atoms with E-state index in [-0.39, 0.29) is 4.88 Å². The van der Waals surface area contributed by atoms with Crippen LogP contribution in [0.4, 0.5) is 8.78 Å². The summed E-state index contributed by atoms with van der Waals surface area (Å²) in [5.74, 6) is -3.34. The second-order valence-electron chi connectivity index (χ2n) is 3.18. The average Bonchev–Trinajstić information content (AvgIpc) is 2.50. The van der Waals surface area contributed by atoms with E-state index in [0.29, 0.717) is 11.4 Å². The third-order valence-corrected chi connectivity index (χ3v) is 3.18. The lowest BCUT2D eigenvalue weighted by atomic mass is 10.0. The van der Waals surface area contributed by atoms with E-state index in [0.717, 1.165) is 11.3 Å². The molecule has 4 heteroatoms. The van der Waals surface area contributed by atoms with E-state index < -0.39 is 11.8 Å². The van der Waals surface area contributed by atoms with Crippen molar-refractivity contribution in [3.05, 3.63) is 16.1 Å². The molecule has 1 aromatic rings. The molecule has 13 heavy (non-hydrogen) atoms. The van der Waals surface area contributed by atoms with Crippen molar-refractivity contribution in [3.63, 3.8) is 0 Å². The molecule has 74 valence electrons. The fourth-order valence-corrected chi connectivity index (χ4v) is 1.88. The highest BCUT2D eigenvalue weighted by Gasteiger charge is 2.38. The van der Waals surface area contributed by atoms with E-state index in [1.54, 1.807) is 20.8 Å². The zero-order valence-electron chi connectivity index (χ0n) is 7.97. The van der Waals surface area contributed by atoms with Crippen LogP contribution in [0.3, 0.4) is 0 Å². The Labute approximate surface area is 80.8 Å². The molecule has 0 spiro atoms. The summed E-state index contributed by atoms with van der Waals surface area (Å²) >= 11 is 1.08. The Morgan fingerprint density at radius 2 is 2.23 bits per heavy atom. The fraction of sp³-hybridized carbons (Fsp3) is 0.667. The third kappa shape index (κ3) is 2.05. The largest absolute Gasteiger partial charge is 0.286 e. The van der Waals surface area contributed by atoms with Gasteiger partial charge in [-0.15, -0.1) is 11.3 Å². The van der Waals surface area contributed by atoms with Crippen LogP contribution in [0.25, 0.3) is 0 Å². The molecule has 0 fully saturated rings. The van der Waals surface area contributed by atoms with E-state index in [9.17, 15) is 8.78 Å². The molecule has 0 saturated carbocycles. The second kappa shape index (κ2) is 3.70. The summed E-state index contributed by atoms with van der Waals surface area (Å²) < 4.78 is 27.1. The minimum Gasteiger partial charge on any atom is -0.249 e.